The first-order chi connectivity index (χ1) is 11.3. The standard InChI is InChI=1S/C12H17N4O7P/c1-6-8-11(14-4-13-6)16(5-15-8)12-9(17)10(23-24(18,19)20)7(22-12)3-21-2/h4-5,7,9-10,12,17H,3H2,1-2H3,(H2,18,19,20). The summed E-state index contributed by atoms with van der Waals surface area (Å²) in [6.45, 7) is 1.75. The van der Waals surface area contributed by atoms with Crippen LogP contribution in [-0.4, -0.2) is 66.4 Å². The van der Waals surface area contributed by atoms with Crippen LogP contribution in [0.1, 0.15) is 11.9 Å². The van der Waals surface area contributed by atoms with E-state index in [1.54, 1.807) is 6.92 Å². The van der Waals surface area contributed by atoms with E-state index < -0.39 is 32.4 Å². The van der Waals surface area contributed by atoms with Gasteiger partial charge in [0.15, 0.2) is 11.9 Å². The molecule has 2 aromatic heterocycles. The molecule has 0 bridgehead atoms. The van der Waals surface area contributed by atoms with Crippen molar-refractivity contribution in [3.63, 3.8) is 0 Å². The minimum atomic E-state index is -4.82. The number of ether oxygens (including phenoxy) is 2. The second-order valence-electron chi connectivity index (χ2n) is 5.35. The highest BCUT2D eigenvalue weighted by Crippen LogP contribution is 2.44. The third kappa shape index (κ3) is 3.20. The SMILES string of the molecule is COCC1OC(n2cnc3c(C)ncnc32)C(O)C1OP(=O)(O)O. The van der Waals surface area contributed by atoms with Crippen LogP contribution in [0.25, 0.3) is 11.2 Å². The molecule has 24 heavy (non-hydrogen) atoms. The predicted octanol–water partition coefficient (Wildman–Crippen LogP) is -0.483. The Kier molecular flexibility index (Phi) is 4.67. The Hall–Kier alpha value is -1.46. The second-order valence-corrected chi connectivity index (χ2v) is 6.55. The van der Waals surface area contributed by atoms with Gasteiger partial charge in [0.1, 0.15) is 30.2 Å². The number of rotatable bonds is 5. The number of hydrogen-bond donors (Lipinski definition) is 3. The van der Waals surface area contributed by atoms with E-state index in [1.165, 1.54) is 24.3 Å². The second kappa shape index (κ2) is 6.45. The summed E-state index contributed by atoms with van der Waals surface area (Å²) in [6, 6.07) is 0. The highest BCUT2D eigenvalue weighted by Gasteiger charge is 2.48. The van der Waals surface area contributed by atoms with Crippen molar-refractivity contribution in [1.29, 1.82) is 0 Å². The molecule has 1 aliphatic heterocycles. The van der Waals surface area contributed by atoms with Gasteiger partial charge in [-0.1, -0.05) is 0 Å². The molecule has 11 nitrogen and oxygen atoms in total. The number of phosphoric ester groups is 1. The lowest BCUT2D eigenvalue weighted by Gasteiger charge is -2.20. The Morgan fingerprint density at radius 3 is 2.79 bits per heavy atom. The van der Waals surface area contributed by atoms with E-state index in [9.17, 15) is 9.67 Å². The zero-order chi connectivity index (χ0) is 17.5. The van der Waals surface area contributed by atoms with Crippen LogP contribution < -0.4 is 0 Å². The summed E-state index contributed by atoms with van der Waals surface area (Å²) in [4.78, 5) is 30.4. The van der Waals surface area contributed by atoms with Crippen molar-refractivity contribution in [2.24, 2.45) is 0 Å². The molecule has 132 valence electrons. The monoisotopic (exact) mass is 360 g/mol. The highest BCUT2D eigenvalue weighted by atomic mass is 31.2. The summed E-state index contributed by atoms with van der Waals surface area (Å²) in [6.07, 6.45) is -1.71. The van der Waals surface area contributed by atoms with Crippen LogP contribution in [-0.2, 0) is 18.6 Å². The number of hydrogen-bond acceptors (Lipinski definition) is 8. The predicted molar refractivity (Wildman–Crippen MR) is 78.8 cm³/mol. The third-order valence-corrected chi connectivity index (χ3v) is 4.23. The van der Waals surface area contributed by atoms with E-state index in [0.717, 1.165) is 0 Å². The Morgan fingerprint density at radius 2 is 2.12 bits per heavy atom. The number of aliphatic hydroxyl groups excluding tert-OH is 1. The maximum atomic E-state index is 11.2. The molecule has 1 aliphatic rings. The molecule has 2 aromatic rings. The number of phosphoric acid groups is 1. The molecule has 4 atom stereocenters. The number of fused-ring (bicyclic) bond motifs is 1. The van der Waals surface area contributed by atoms with Crippen LogP contribution >= 0.6 is 7.82 Å². The summed E-state index contributed by atoms with van der Waals surface area (Å²) in [5.74, 6) is 0. The fourth-order valence-electron chi connectivity index (χ4n) is 2.69. The number of imidazole rings is 1. The van der Waals surface area contributed by atoms with Crippen LogP contribution in [0.15, 0.2) is 12.7 Å². The van der Waals surface area contributed by atoms with Crippen molar-refractivity contribution >= 4 is 19.0 Å². The van der Waals surface area contributed by atoms with Crippen LogP contribution in [0.2, 0.25) is 0 Å². The van der Waals surface area contributed by atoms with Gasteiger partial charge in [0.2, 0.25) is 0 Å². The molecule has 0 radical (unpaired) electrons. The molecule has 3 rings (SSSR count). The van der Waals surface area contributed by atoms with E-state index in [2.05, 4.69) is 19.5 Å². The maximum Gasteiger partial charge on any atom is 0.470 e. The summed E-state index contributed by atoms with van der Waals surface area (Å²) < 4.78 is 28.0. The minimum Gasteiger partial charge on any atom is -0.386 e. The first-order valence-corrected chi connectivity index (χ1v) is 8.55. The van der Waals surface area contributed by atoms with E-state index in [1.807, 2.05) is 0 Å². The lowest BCUT2D eigenvalue weighted by molar-refractivity contribution is -0.0577. The molecule has 0 amide bonds. The fourth-order valence-corrected chi connectivity index (χ4v) is 3.27. The summed E-state index contributed by atoms with van der Waals surface area (Å²) in [5.41, 5.74) is 1.62. The van der Waals surface area contributed by atoms with Crippen LogP contribution in [0.4, 0.5) is 0 Å². The third-order valence-electron chi connectivity index (χ3n) is 3.72. The maximum absolute atomic E-state index is 11.2. The van der Waals surface area contributed by atoms with Gasteiger partial charge >= 0.3 is 7.82 Å². The van der Waals surface area contributed by atoms with Crippen molar-refractivity contribution < 1.29 is 33.5 Å². The number of nitrogens with zero attached hydrogens (tertiary/aromatic N) is 4. The number of aryl methyl sites for hydroxylation is 1. The molecule has 3 heterocycles. The van der Waals surface area contributed by atoms with Gasteiger partial charge in [-0.25, -0.2) is 19.5 Å². The zero-order valence-corrected chi connectivity index (χ0v) is 13.8. The number of aromatic nitrogens is 4. The first kappa shape index (κ1) is 17.4. The van der Waals surface area contributed by atoms with Gasteiger partial charge in [0.25, 0.3) is 0 Å². The Balaban J connectivity index is 1.95. The molecule has 1 saturated heterocycles. The molecule has 4 unspecified atom stereocenters. The van der Waals surface area contributed by atoms with Crippen LogP contribution in [0.5, 0.6) is 0 Å². The van der Waals surface area contributed by atoms with Crippen molar-refractivity contribution in [2.75, 3.05) is 13.7 Å². The van der Waals surface area contributed by atoms with Crippen LogP contribution in [0, 0.1) is 6.92 Å². The topological polar surface area (TPSA) is 149 Å². The fraction of sp³-hybridized carbons (Fsp3) is 0.583. The molecule has 0 saturated carbocycles. The van der Waals surface area contributed by atoms with Gasteiger partial charge in [-0.15, -0.1) is 0 Å². The molecule has 0 spiro atoms. The quantitative estimate of drug-likeness (QED) is 0.597. The largest absolute Gasteiger partial charge is 0.470 e. The molecular weight excluding hydrogens is 343 g/mol. The zero-order valence-electron chi connectivity index (χ0n) is 12.9. The van der Waals surface area contributed by atoms with Gasteiger partial charge in [0.05, 0.1) is 18.6 Å². The Bertz CT molecular complexity index is 778. The average molecular weight is 360 g/mol. The average Bonchev–Trinajstić information content (AvgIpc) is 3.03. The molecule has 0 aliphatic carbocycles. The molecule has 3 N–H and O–H groups in total. The van der Waals surface area contributed by atoms with Crippen molar-refractivity contribution in [1.82, 2.24) is 19.5 Å². The van der Waals surface area contributed by atoms with Gasteiger partial charge < -0.3 is 24.4 Å². The summed E-state index contributed by atoms with van der Waals surface area (Å²) >= 11 is 0. The Morgan fingerprint density at radius 1 is 1.38 bits per heavy atom. The molecular formula is C12H17N4O7P. The van der Waals surface area contributed by atoms with Gasteiger partial charge in [0, 0.05) is 7.11 Å². The lowest BCUT2D eigenvalue weighted by Crippen LogP contribution is -2.35. The summed E-state index contributed by atoms with van der Waals surface area (Å²) in [5, 5.41) is 10.5. The van der Waals surface area contributed by atoms with E-state index in [4.69, 9.17) is 19.3 Å². The van der Waals surface area contributed by atoms with Gasteiger partial charge in [-0.2, -0.15) is 0 Å². The van der Waals surface area contributed by atoms with Crippen LogP contribution in [0.3, 0.4) is 0 Å². The van der Waals surface area contributed by atoms with E-state index in [0.29, 0.717) is 16.9 Å². The molecule has 0 aromatic carbocycles. The summed E-state index contributed by atoms with van der Waals surface area (Å²) in [7, 11) is -3.42. The number of methoxy groups -OCH3 is 1. The Labute approximate surface area is 136 Å². The molecule has 12 heteroatoms. The van der Waals surface area contributed by atoms with Crippen molar-refractivity contribution in [3.8, 4) is 0 Å². The van der Waals surface area contributed by atoms with Crippen molar-refractivity contribution in [3.05, 3.63) is 18.3 Å². The normalized spacial score (nSPS) is 27.9. The lowest BCUT2D eigenvalue weighted by atomic mass is 10.1. The van der Waals surface area contributed by atoms with Gasteiger partial charge in [-0.3, -0.25) is 9.09 Å². The minimum absolute atomic E-state index is 0.0150. The van der Waals surface area contributed by atoms with E-state index >= 15 is 0 Å². The smallest absolute Gasteiger partial charge is 0.386 e. The van der Waals surface area contributed by atoms with Crippen molar-refractivity contribution in [2.45, 2.75) is 31.5 Å². The first-order valence-electron chi connectivity index (χ1n) is 7.02. The van der Waals surface area contributed by atoms with E-state index in [-0.39, 0.29) is 6.61 Å². The highest BCUT2D eigenvalue weighted by molar-refractivity contribution is 7.46. The molecule has 1 fully saturated rings. The van der Waals surface area contributed by atoms with Gasteiger partial charge in [-0.05, 0) is 6.92 Å². The number of aliphatic hydroxyl groups is 1.